The van der Waals surface area contributed by atoms with Crippen LogP contribution in [0.5, 0.6) is 0 Å². The van der Waals surface area contributed by atoms with Gasteiger partial charge in [-0.2, -0.15) is 0 Å². The fourth-order valence-electron chi connectivity index (χ4n) is 3.31. The van der Waals surface area contributed by atoms with E-state index in [1.165, 1.54) is 6.20 Å². The van der Waals surface area contributed by atoms with Gasteiger partial charge < -0.3 is 16.4 Å². The Morgan fingerprint density at radius 3 is 2.69 bits per heavy atom. The Kier molecular flexibility index (Phi) is 5.85. The van der Waals surface area contributed by atoms with Crippen molar-refractivity contribution in [2.45, 2.75) is 19.3 Å². The third-order valence-corrected chi connectivity index (χ3v) is 4.92. The van der Waals surface area contributed by atoms with Gasteiger partial charge in [0.05, 0.1) is 16.3 Å². The molecule has 136 valence electrons. The van der Waals surface area contributed by atoms with Crippen LogP contribution >= 0.6 is 11.6 Å². The lowest BCUT2D eigenvalue weighted by Crippen LogP contribution is -2.30. The first kappa shape index (κ1) is 18.4. The van der Waals surface area contributed by atoms with Crippen molar-refractivity contribution in [3.63, 3.8) is 0 Å². The van der Waals surface area contributed by atoms with E-state index in [1.54, 1.807) is 36.4 Å². The largest absolute Gasteiger partial charge is 0.330 e. The van der Waals surface area contributed by atoms with Gasteiger partial charge in [0.2, 0.25) is 5.91 Å². The molecule has 0 aliphatic heterocycles. The molecular formula is C19H21ClN4O2. The van der Waals surface area contributed by atoms with E-state index >= 15 is 0 Å². The number of hydrogen-bond donors (Lipinski definition) is 3. The summed E-state index contributed by atoms with van der Waals surface area (Å²) in [5.74, 6) is 0.0585. The first-order chi connectivity index (χ1) is 12.6. The number of benzene rings is 1. The number of carbonyl (C=O) groups is 2. The molecule has 2 aromatic rings. The van der Waals surface area contributed by atoms with E-state index in [0.717, 1.165) is 19.3 Å². The second-order valence-corrected chi connectivity index (χ2v) is 6.82. The molecule has 1 saturated carbocycles. The van der Waals surface area contributed by atoms with Crippen molar-refractivity contribution in [1.82, 2.24) is 4.98 Å². The number of hydrogen-bond acceptors (Lipinski definition) is 4. The fraction of sp³-hybridized carbons (Fsp3) is 0.316. The molecule has 1 heterocycles. The van der Waals surface area contributed by atoms with Gasteiger partial charge in [0.15, 0.2) is 0 Å². The molecule has 26 heavy (non-hydrogen) atoms. The predicted octanol–water partition coefficient (Wildman–Crippen LogP) is 3.30. The normalized spacial score (nSPS) is 19.2. The van der Waals surface area contributed by atoms with Crippen LogP contribution in [0.4, 0.5) is 11.5 Å². The Bertz CT molecular complexity index is 794. The number of halogens is 1. The third kappa shape index (κ3) is 4.20. The van der Waals surface area contributed by atoms with Crippen LogP contribution in [0.1, 0.15) is 29.6 Å². The smallest absolute Gasteiger partial charge is 0.258 e. The SMILES string of the molecule is NC[C@H]1CCC[C@H]1C(=O)Nc1ccccc1C(=O)Nc1ccc(Cl)cn1. The highest BCUT2D eigenvalue weighted by molar-refractivity contribution is 6.30. The van der Waals surface area contributed by atoms with Crippen LogP contribution in [-0.4, -0.2) is 23.3 Å². The molecule has 0 spiro atoms. The van der Waals surface area contributed by atoms with Gasteiger partial charge in [0.1, 0.15) is 5.82 Å². The van der Waals surface area contributed by atoms with E-state index in [0.29, 0.717) is 28.6 Å². The van der Waals surface area contributed by atoms with Gasteiger partial charge in [0, 0.05) is 12.1 Å². The lowest BCUT2D eigenvalue weighted by Gasteiger charge is -2.18. The molecule has 2 amide bonds. The standard InChI is InChI=1S/C19H21ClN4O2/c20-13-8-9-17(22-11-13)24-19(26)15-5-1-2-7-16(15)23-18(25)14-6-3-4-12(14)10-21/h1-2,5,7-9,11-12,14H,3-4,6,10,21H2,(H,23,25)(H,22,24,26)/t12-,14-/m1/s1. The molecule has 6 nitrogen and oxygen atoms in total. The zero-order chi connectivity index (χ0) is 18.5. The molecule has 0 unspecified atom stereocenters. The summed E-state index contributed by atoms with van der Waals surface area (Å²) in [6, 6.07) is 10.2. The highest BCUT2D eigenvalue weighted by Crippen LogP contribution is 2.32. The van der Waals surface area contributed by atoms with Crippen LogP contribution in [0, 0.1) is 11.8 Å². The van der Waals surface area contributed by atoms with E-state index in [9.17, 15) is 9.59 Å². The summed E-state index contributed by atoms with van der Waals surface area (Å²) in [5.41, 5.74) is 6.62. The van der Waals surface area contributed by atoms with Crippen LogP contribution in [0.25, 0.3) is 0 Å². The summed E-state index contributed by atoms with van der Waals surface area (Å²) in [6.07, 6.45) is 4.26. The second-order valence-electron chi connectivity index (χ2n) is 6.38. The topological polar surface area (TPSA) is 97.1 Å². The van der Waals surface area contributed by atoms with Gasteiger partial charge >= 0.3 is 0 Å². The number of para-hydroxylation sites is 1. The Morgan fingerprint density at radius 1 is 1.15 bits per heavy atom. The van der Waals surface area contributed by atoms with E-state index < -0.39 is 0 Å². The van der Waals surface area contributed by atoms with Gasteiger partial charge in [-0.25, -0.2) is 4.98 Å². The summed E-state index contributed by atoms with van der Waals surface area (Å²) in [4.78, 5) is 29.3. The van der Waals surface area contributed by atoms with Gasteiger partial charge in [0.25, 0.3) is 5.91 Å². The van der Waals surface area contributed by atoms with E-state index in [-0.39, 0.29) is 23.7 Å². The molecule has 1 aliphatic rings. The second kappa shape index (κ2) is 8.29. The number of nitrogens with zero attached hydrogens (tertiary/aromatic N) is 1. The molecule has 1 fully saturated rings. The molecular weight excluding hydrogens is 352 g/mol. The van der Waals surface area contributed by atoms with E-state index in [2.05, 4.69) is 15.6 Å². The number of aromatic nitrogens is 1. The zero-order valence-corrected chi connectivity index (χ0v) is 15.0. The number of amides is 2. The molecule has 3 rings (SSSR count). The summed E-state index contributed by atoms with van der Waals surface area (Å²) < 4.78 is 0. The number of pyridine rings is 1. The average molecular weight is 373 g/mol. The Morgan fingerprint density at radius 2 is 1.96 bits per heavy atom. The maximum atomic E-state index is 12.6. The fourth-order valence-corrected chi connectivity index (χ4v) is 3.42. The first-order valence-corrected chi connectivity index (χ1v) is 8.99. The molecule has 1 aliphatic carbocycles. The minimum atomic E-state index is -0.350. The highest BCUT2D eigenvalue weighted by Gasteiger charge is 2.32. The van der Waals surface area contributed by atoms with Crippen molar-refractivity contribution in [3.8, 4) is 0 Å². The molecule has 7 heteroatoms. The predicted molar refractivity (Wildman–Crippen MR) is 102 cm³/mol. The van der Waals surface area contributed by atoms with Crippen LogP contribution in [0.2, 0.25) is 5.02 Å². The lowest BCUT2D eigenvalue weighted by atomic mass is 9.95. The molecule has 0 radical (unpaired) electrons. The number of rotatable bonds is 5. The summed E-state index contributed by atoms with van der Waals surface area (Å²) in [5, 5.41) is 6.09. The van der Waals surface area contributed by atoms with E-state index in [1.807, 2.05) is 0 Å². The molecule has 0 saturated heterocycles. The van der Waals surface area contributed by atoms with Crippen LogP contribution in [0.15, 0.2) is 42.6 Å². The maximum absolute atomic E-state index is 12.6. The highest BCUT2D eigenvalue weighted by atomic mass is 35.5. The third-order valence-electron chi connectivity index (χ3n) is 4.70. The van der Waals surface area contributed by atoms with Crippen molar-refractivity contribution >= 4 is 34.9 Å². The number of nitrogens with two attached hydrogens (primary N) is 1. The van der Waals surface area contributed by atoms with Crippen LogP contribution in [-0.2, 0) is 4.79 Å². The minimum absolute atomic E-state index is 0.0807. The molecule has 2 atom stereocenters. The average Bonchev–Trinajstić information content (AvgIpc) is 3.13. The Balaban J connectivity index is 1.74. The number of carbonyl (C=O) groups excluding carboxylic acids is 2. The molecule has 1 aromatic carbocycles. The number of nitrogens with one attached hydrogen (secondary N) is 2. The van der Waals surface area contributed by atoms with Crippen molar-refractivity contribution in [2.75, 3.05) is 17.2 Å². The summed E-state index contributed by atoms with van der Waals surface area (Å²) in [7, 11) is 0. The van der Waals surface area contributed by atoms with Crippen LogP contribution < -0.4 is 16.4 Å². The van der Waals surface area contributed by atoms with Crippen molar-refractivity contribution in [3.05, 3.63) is 53.2 Å². The van der Waals surface area contributed by atoms with Gasteiger partial charge in [-0.05, 0) is 49.6 Å². The maximum Gasteiger partial charge on any atom is 0.258 e. The molecule has 4 N–H and O–H groups in total. The lowest BCUT2D eigenvalue weighted by molar-refractivity contribution is -0.120. The first-order valence-electron chi connectivity index (χ1n) is 8.61. The van der Waals surface area contributed by atoms with Crippen LogP contribution in [0.3, 0.4) is 0 Å². The van der Waals surface area contributed by atoms with Gasteiger partial charge in [-0.15, -0.1) is 0 Å². The van der Waals surface area contributed by atoms with Gasteiger partial charge in [-0.1, -0.05) is 30.2 Å². The van der Waals surface area contributed by atoms with Gasteiger partial charge in [-0.3, -0.25) is 9.59 Å². The molecule has 0 bridgehead atoms. The van der Waals surface area contributed by atoms with Crippen molar-refractivity contribution in [2.24, 2.45) is 17.6 Å². The summed E-state index contributed by atoms with van der Waals surface area (Å²) >= 11 is 5.80. The molecule has 1 aromatic heterocycles. The summed E-state index contributed by atoms with van der Waals surface area (Å²) in [6.45, 7) is 0.502. The minimum Gasteiger partial charge on any atom is -0.330 e. The monoisotopic (exact) mass is 372 g/mol. The van der Waals surface area contributed by atoms with Crippen molar-refractivity contribution < 1.29 is 9.59 Å². The number of anilines is 2. The van der Waals surface area contributed by atoms with Crippen molar-refractivity contribution in [1.29, 1.82) is 0 Å². The van der Waals surface area contributed by atoms with E-state index in [4.69, 9.17) is 17.3 Å². The Labute approximate surface area is 157 Å². The Hall–Kier alpha value is -2.44. The quantitative estimate of drug-likeness (QED) is 0.750. The zero-order valence-electron chi connectivity index (χ0n) is 14.2.